The molecule has 0 saturated heterocycles. The number of carbonyl (C=O) groups is 2. The molecule has 0 spiro atoms. The third kappa shape index (κ3) is 11.2. The third-order valence-corrected chi connectivity index (χ3v) is 10.2. The monoisotopic (exact) mass is 845 g/mol. The Bertz CT molecular complexity index is 2580. The number of aliphatic hydroxyl groups is 1. The second-order valence-corrected chi connectivity index (χ2v) is 14.3. The smallest absolute Gasteiger partial charge is 0.333 e. The summed E-state index contributed by atoms with van der Waals surface area (Å²) in [5.41, 5.74) is 7.14. The van der Waals surface area contributed by atoms with Gasteiger partial charge in [-0.15, -0.1) is 0 Å². The molecule has 14 heteroatoms. The van der Waals surface area contributed by atoms with E-state index in [-0.39, 0.29) is 13.2 Å². The highest BCUT2D eigenvalue weighted by Gasteiger charge is 2.18. The molecule has 2 heterocycles. The number of carbonyl (C=O) groups excluding carboxylic acids is 2. The number of unbranched alkanes of at least 4 members (excludes halogenated alkanes) is 1. The van der Waals surface area contributed by atoms with Crippen LogP contribution in [-0.4, -0.2) is 61.9 Å². The van der Waals surface area contributed by atoms with Crippen LogP contribution >= 0.6 is 0 Å². The number of nitrogens with zero attached hydrogens (tertiary/aromatic N) is 2. The summed E-state index contributed by atoms with van der Waals surface area (Å²) >= 11 is 0. The summed E-state index contributed by atoms with van der Waals surface area (Å²) in [6, 6.07) is 27.9. The quantitative estimate of drug-likeness (QED) is 0.0724. The van der Waals surface area contributed by atoms with Crippen molar-refractivity contribution < 1.29 is 33.6 Å². The van der Waals surface area contributed by atoms with Crippen LogP contribution in [0.1, 0.15) is 54.5 Å². The lowest BCUT2D eigenvalue weighted by molar-refractivity contribution is -0.107. The van der Waals surface area contributed by atoms with Crippen molar-refractivity contribution in [2.75, 3.05) is 50.0 Å². The fraction of sp³-hybridized carbons (Fsp3) is 0.292. The second kappa shape index (κ2) is 22.5. The largest absolute Gasteiger partial charge is 0.493 e. The molecule has 0 bridgehead atoms. The van der Waals surface area contributed by atoms with Gasteiger partial charge < -0.3 is 44.6 Å². The number of anilines is 3. The molecule has 7 rings (SSSR count). The van der Waals surface area contributed by atoms with Crippen LogP contribution in [-0.2, 0) is 35.6 Å². The topological polar surface area (TPSA) is 173 Å². The maximum atomic E-state index is 13.6. The highest BCUT2D eigenvalue weighted by atomic mass is 16.5. The van der Waals surface area contributed by atoms with Crippen molar-refractivity contribution in [1.29, 1.82) is 0 Å². The van der Waals surface area contributed by atoms with Crippen LogP contribution in [0.25, 0.3) is 16.6 Å². The standard InChI is InChI=1S/C35H36N4O7.C9H9NO.C4H10O/c1-6-24-9-7-8-10-29(24)39-34(41)26-15-31(44-5)33(17-28(26)38-35(39)42)46-19-23-12-22(13-25(14-23)36-3)18-45-32-16-27(37-20-40)21(2)11-30(32)43-4;11-7-10-6-5-8-3-1-2-4-9(8)10;1-2-3-4-5/h7-17,20,36H,6,18-19H2,1-5H3,(H,37,40)(H,38,42);1-4,7H,5-6H2;5H,2-4H2,1H3. The van der Waals surface area contributed by atoms with Gasteiger partial charge in [0.15, 0.2) is 23.0 Å². The summed E-state index contributed by atoms with van der Waals surface area (Å²) in [5.74, 6) is 1.75. The molecule has 1 aliphatic heterocycles. The zero-order chi connectivity index (χ0) is 44.6. The number of aromatic nitrogens is 2. The van der Waals surface area contributed by atoms with Crippen molar-refractivity contribution >= 4 is 40.8 Å². The zero-order valence-corrected chi connectivity index (χ0v) is 36.1. The average Bonchev–Trinajstić information content (AvgIpc) is 3.72. The van der Waals surface area contributed by atoms with E-state index < -0.39 is 11.2 Å². The first-order valence-electron chi connectivity index (χ1n) is 20.4. The Hall–Kier alpha value is -7.06. The molecule has 14 nitrogen and oxygen atoms in total. The summed E-state index contributed by atoms with van der Waals surface area (Å²) in [4.78, 5) is 52.8. The van der Waals surface area contributed by atoms with Crippen LogP contribution in [0.2, 0.25) is 0 Å². The zero-order valence-electron chi connectivity index (χ0n) is 36.1. The van der Waals surface area contributed by atoms with E-state index in [2.05, 4.69) is 28.6 Å². The molecule has 4 N–H and O–H groups in total. The first-order valence-corrected chi connectivity index (χ1v) is 20.4. The van der Waals surface area contributed by atoms with E-state index in [1.165, 1.54) is 12.7 Å². The van der Waals surface area contributed by atoms with Gasteiger partial charge in [-0.1, -0.05) is 56.7 Å². The molecule has 0 unspecified atom stereocenters. The normalized spacial score (nSPS) is 11.3. The number of para-hydroxylation sites is 2. The highest BCUT2D eigenvalue weighted by Crippen LogP contribution is 2.35. The molecular weight excluding hydrogens is 791 g/mol. The number of amides is 2. The Labute approximate surface area is 361 Å². The molecule has 0 radical (unpaired) electrons. The lowest BCUT2D eigenvalue weighted by Crippen LogP contribution is -2.34. The number of ether oxygens (including phenoxy) is 4. The predicted molar refractivity (Wildman–Crippen MR) is 244 cm³/mol. The number of nitrogens with one attached hydrogen (secondary N) is 3. The number of benzene rings is 5. The van der Waals surface area contributed by atoms with Gasteiger partial charge in [0.2, 0.25) is 12.8 Å². The summed E-state index contributed by atoms with van der Waals surface area (Å²) in [5, 5.41) is 14.2. The van der Waals surface area contributed by atoms with Gasteiger partial charge in [-0.05, 0) is 96.5 Å². The molecule has 62 heavy (non-hydrogen) atoms. The first kappa shape index (κ1) is 46.0. The maximum Gasteiger partial charge on any atom is 0.333 e. The first-order chi connectivity index (χ1) is 30.1. The van der Waals surface area contributed by atoms with Gasteiger partial charge in [0.05, 0.1) is 30.8 Å². The van der Waals surface area contributed by atoms with Crippen LogP contribution in [0.5, 0.6) is 23.0 Å². The van der Waals surface area contributed by atoms with Gasteiger partial charge in [-0.25, -0.2) is 9.36 Å². The van der Waals surface area contributed by atoms with Crippen molar-refractivity contribution in [3.63, 3.8) is 0 Å². The fourth-order valence-corrected chi connectivity index (χ4v) is 6.92. The summed E-state index contributed by atoms with van der Waals surface area (Å²) < 4.78 is 24.5. The van der Waals surface area contributed by atoms with Crippen molar-refractivity contribution in [2.45, 2.75) is 59.7 Å². The van der Waals surface area contributed by atoms with Gasteiger partial charge in [-0.2, -0.15) is 0 Å². The van der Waals surface area contributed by atoms with E-state index in [1.807, 2.05) is 69.4 Å². The Morgan fingerprint density at radius 1 is 0.806 bits per heavy atom. The molecule has 2 amide bonds. The minimum Gasteiger partial charge on any atom is -0.493 e. The predicted octanol–water partition coefficient (Wildman–Crippen LogP) is 7.32. The number of fused-ring (bicyclic) bond motifs is 2. The molecule has 5 aromatic carbocycles. The Kier molecular flexibility index (Phi) is 16.7. The number of hydrogen-bond donors (Lipinski definition) is 4. The molecule has 0 atom stereocenters. The molecule has 1 aliphatic rings. The van der Waals surface area contributed by atoms with Gasteiger partial charge in [0, 0.05) is 49.4 Å². The Morgan fingerprint density at radius 3 is 2.05 bits per heavy atom. The lowest BCUT2D eigenvalue weighted by Gasteiger charge is -2.16. The van der Waals surface area contributed by atoms with Gasteiger partial charge in [-0.3, -0.25) is 14.4 Å². The van der Waals surface area contributed by atoms with Crippen LogP contribution in [0, 0.1) is 6.92 Å². The summed E-state index contributed by atoms with van der Waals surface area (Å²) in [6.45, 7) is 7.45. The van der Waals surface area contributed by atoms with Crippen LogP contribution in [0.3, 0.4) is 0 Å². The number of rotatable bonds is 16. The second-order valence-electron chi connectivity index (χ2n) is 14.3. The Morgan fingerprint density at radius 2 is 1.45 bits per heavy atom. The summed E-state index contributed by atoms with van der Waals surface area (Å²) in [6.07, 6.45) is 5.21. The SMILES string of the molecule is CCCCO.CCc1ccccc1-n1c(=O)[nH]c2cc(OCc3cc(COc4cc(NC=O)c(C)cc4OC)cc(NC)c3)c(OC)cc2c1=O.O=CN1CCc2ccccc21. The van der Waals surface area contributed by atoms with E-state index in [4.69, 9.17) is 24.1 Å². The Balaban J connectivity index is 0.000000377. The number of methoxy groups -OCH3 is 2. The maximum absolute atomic E-state index is 13.6. The van der Waals surface area contributed by atoms with Gasteiger partial charge in [0.25, 0.3) is 5.56 Å². The van der Waals surface area contributed by atoms with E-state index in [9.17, 15) is 19.2 Å². The van der Waals surface area contributed by atoms with Crippen LogP contribution in [0.15, 0.2) is 101 Å². The molecular formula is C48H55N5O9. The van der Waals surface area contributed by atoms with E-state index in [0.717, 1.165) is 70.4 Å². The number of H-pyrrole nitrogens is 1. The fourth-order valence-electron chi connectivity index (χ4n) is 6.92. The molecule has 1 aromatic heterocycles. The van der Waals surface area contributed by atoms with Crippen molar-refractivity contribution in [3.8, 4) is 28.7 Å². The number of aliphatic hydroxyl groups excluding tert-OH is 1. The van der Waals surface area contributed by atoms with Crippen molar-refractivity contribution in [1.82, 2.24) is 9.55 Å². The molecule has 0 saturated carbocycles. The van der Waals surface area contributed by atoms with Crippen LogP contribution in [0.4, 0.5) is 17.1 Å². The van der Waals surface area contributed by atoms with Gasteiger partial charge >= 0.3 is 5.69 Å². The van der Waals surface area contributed by atoms with E-state index in [1.54, 1.807) is 48.4 Å². The number of hydrogen-bond acceptors (Lipinski definition) is 10. The minimum atomic E-state index is -0.542. The van der Waals surface area contributed by atoms with Gasteiger partial charge in [0.1, 0.15) is 13.2 Å². The number of aromatic amines is 1. The number of aryl methyl sites for hydroxylation is 2. The molecule has 6 aromatic rings. The third-order valence-electron chi connectivity index (χ3n) is 10.2. The molecule has 0 aliphatic carbocycles. The summed E-state index contributed by atoms with van der Waals surface area (Å²) in [7, 11) is 4.87. The van der Waals surface area contributed by atoms with Crippen molar-refractivity contribution in [2.24, 2.45) is 0 Å². The van der Waals surface area contributed by atoms with E-state index in [0.29, 0.717) is 64.7 Å². The highest BCUT2D eigenvalue weighted by molar-refractivity contribution is 5.82. The average molecular weight is 846 g/mol. The molecule has 0 fully saturated rings. The van der Waals surface area contributed by atoms with Crippen molar-refractivity contribution in [3.05, 3.63) is 140 Å². The van der Waals surface area contributed by atoms with Crippen LogP contribution < -0.4 is 45.7 Å². The van der Waals surface area contributed by atoms with E-state index >= 15 is 0 Å². The lowest BCUT2D eigenvalue weighted by atomic mass is 10.1. The minimum absolute atomic E-state index is 0.164. The molecule has 326 valence electrons.